The first-order valence-corrected chi connectivity index (χ1v) is 25.7. The Balaban J connectivity index is 0.997. The minimum atomic E-state index is -0.113. The molecular weight excluding hydrogens is 925 g/mol. The molecule has 2 aliphatic heterocycles. The number of hydrogen-bond acceptors (Lipinski definition) is 4. The van der Waals surface area contributed by atoms with Gasteiger partial charge >= 0.3 is 0 Å². The fourth-order valence-corrected chi connectivity index (χ4v) is 12.0. The molecule has 1 atom stereocenters. The smallest absolute Gasteiger partial charge is 0.220 e. The summed E-state index contributed by atoms with van der Waals surface area (Å²) in [4.78, 5) is 13.1. The molecule has 0 spiro atoms. The average molecular weight is 969 g/mol. The zero-order valence-electron chi connectivity index (χ0n) is 41.1. The van der Waals surface area contributed by atoms with Crippen molar-refractivity contribution in [3.63, 3.8) is 0 Å². The van der Waals surface area contributed by atoms with Crippen molar-refractivity contribution in [1.29, 1.82) is 5.26 Å². The quantitative estimate of drug-likeness (QED) is 0.152. The highest BCUT2D eigenvalue weighted by Gasteiger charge is 2.42. The summed E-state index contributed by atoms with van der Waals surface area (Å²) in [7, 11) is 0. The molecule has 6 nitrogen and oxygen atoms in total. The lowest BCUT2D eigenvalue weighted by Crippen LogP contribution is -2.22. The van der Waals surface area contributed by atoms with Gasteiger partial charge in [0.25, 0.3) is 0 Å². The van der Waals surface area contributed by atoms with Crippen molar-refractivity contribution in [1.82, 2.24) is 14.0 Å². The zero-order chi connectivity index (χ0) is 50.3. The van der Waals surface area contributed by atoms with E-state index in [-0.39, 0.29) is 5.92 Å². The third kappa shape index (κ3) is 6.80. The van der Waals surface area contributed by atoms with Crippen molar-refractivity contribution >= 4 is 50.7 Å². The molecule has 0 saturated carbocycles. The van der Waals surface area contributed by atoms with Gasteiger partial charge in [0.1, 0.15) is 11.9 Å². The van der Waals surface area contributed by atoms with E-state index in [9.17, 15) is 5.26 Å². The molecule has 4 heterocycles. The van der Waals surface area contributed by atoms with Crippen molar-refractivity contribution in [3.8, 4) is 78.5 Å². The highest BCUT2D eigenvalue weighted by Crippen LogP contribution is 2.55. The number of amidine groups is 1. The lowest BCUT2D eigenvalue weighted by atomic mass is 9.80. The van der Waals surface area contributed by atoms with Crippen molar-refractivity contribution in [3.05, 3.63) is 278 Å². The number of nitrogens with zero attached hydrogens (tertiary/aromatic N) is 6. The van der Waals surface area contributed by atoms with E-state index in [0.29, 0.717) is 5.56 Å². The monoisotopic (exact) mass is 968 g/mol. The van der Waals surface area contributed by atoms with Gasteiger partial charge in [0.05, 0.1) is 44.9 Å². The largest absolute Gasteiger partial charge is 0.297 e. The van der Waals surface area contributed by atoms with E-state index in [4.69, 9.17) is 9.98 Å². The van der Waals surface area contributed by atoms with Crippen LogP contribution in [0.1, 0.15) is 22.6 Å². The normalized spacial score (nSPS) is 13.4. The van der Waals surface area contributed by atoms with Gasteiger partial charge in [-0.05, 0) is 146 Å². The molecule has 15 rings (SSSR count). The molecule has 0 N–H and O–H groups in total. The first kappa shape index (κ1) is 43.3. The summed E-state index contributed by atoms with van der Waals surface area (Å²) in [5, 5.41) is 11.8. The maximum atomic E-state index is 11.8. The summed E-state index contributed by atoms with van der Waals surface area (Å²) in [6.45, 7) is 0. The number of anilines is 2. The van der Waals surface area contributed by atoms with E-state index in [1.165, 1.54) is 16.7 Å². The molecular formula is C70H44N6. The van der Waals surface area contributed by atoms with Crippen LogP contribution in [0.15, 0.2) is 266 Å². The van der Waals surface area contributed by atoms with Gasteiger partial charge in [-0.1, -0.05) is 182 Å². The van der Waals surface area contributed by atoms with E-state index in [2.05, 4.69) is 269 Å². The third-order valence-corrected chi connectivity index (χ3v) is 15.4. The first-order chi connectivity index (χ1) is 37.7. The molecule has 0 saturated heterocycles. The van der Waals surface area contributed by atoms with Gasteiger partial charge in [-0.2, -0.15) is 5.26 Å². The van der Waals surface area contributed by atoms with Crippen LogP contribution in [0.2, 0.25) is 0 Å². The topological polar surface area (TPSA) is 61.6 Å². The number of fused-ring (bicyclic) bond motifs is 10. The van der Waals surface area contributed by atoms with Crippen LogP contribution in [0.25, 0.3) is 100 Å². The second-order valence-corrected chi connectivity index (χ2v) is 19.6. The molecule has 11 aromatic carbocycles. The SMILES string of the molecule is N#Cc1c(-c2ccccc2)c(-c2ccc3c(c2)C2C(=Nc4ccc(-c5ccccc5)cc42)N3c2ccccc2)cc(-c2ccc3c(c2)n2c4cc(-c5ccccc5)ccc4nc2n3-c2ccccc2)c1-c1ccccc1. The summed E-state index contributed by atoms with van der Waals surface area (Å²) < 4.78 is 4.57. The Bertz CT molecular complexity index is 4500. The van der Waals surface area contributed by atoms with Crippen molar-refractivity contribution in [2.24, 2.45) is 4.99 Å². The van der Waals surface area contributed by atoms with Crippen LogP contribution in [0.3, 0.4) is 0 Å². The third-order valence-electron chi connectivity index (χ3n) is 15.4. The highest BCUT2D eigenvalue weighted by atomic mass is 15.2. The van der Waals surface area contributed by atoms with E-state index in [1.54, 1.807) is 0 Å². The zero-order valence-corrected chi connectivity index (χ0v) is 41.1. The van der Waals surface area contributed by atoms with Crippen LogP contribution < -0.4 is 4.90 Å². The Labute approximate surface area is 439 Å². The summed E-state index contributed by atoms with van der Waals surface area (Å²) >= 11 is 0. The molecule has 0 amide bonds. The van der Waals surface area contributed by atoms with Gasteiger partial charge in [0, 0.05) is 22.5 Å². The average Bonchev–Trinajstić information content (AvgIpc) is 4.33. The van der Waals surface area contributed by atoms with Crippen molar-refractivity contribution < 1.29 is 0 Å². The number of rotatable bonds is 8. The fraction of sp³-hybridized carbons (Fsp3) is 0.0143. The Morgan fingerprint density at radius 2 is 0.895 bits per heavy atom. The van der Waals surface area contributed by atoms with Gasteiger partial charge in [0.2, 0.25) is 5.78 Å². The van der Waals surface area contributed by atoms with Crippen LogP contribution in [-0.2, 0) is 0 Å². The molecule has 76 heavy (non-hydrogen) atoms. The number of aromatic nitrogens is 3. The number of para-hydroxylation sites is 2. The Morgan fingerprint density at radius 1 is 0.395 bits per heavy atom. The lowest BCUT2D eigenvalue weighted by Gasteiger charge is -2.22. The van der Waals surface area contributed by atoms with E-state index < -0.39 is 0 Å². The molecule has 2 aromatic heterocycles. The summed E-state index contributed by atoms with van der Waals surface area (Å²) in [6.07, 6.45) is 0. The molecule has 13 aromatic rings. The standard InChI is InChI=1S/C70H44N6/c71-44-59-66(47-23-11-3-12-24-47)55(51-33-37-62-58(40-51)68-57-39-49(45-19-7-1-8-20-45)31-35-60(57)72-69(68)74(62)53-27-15-5-16-28-53)43-56(67(59)48-25-13-4-14-26-48)52-34-38-63-65(42-52)76-64-41-50(46-21-9-2-10-22-46)32-36-61(64)73-70(76)75(63)54-29-17-6-18-30-54/h1-43,68H. The molecule has 0 fully saturated rings. The number of imidazole rings is 2. The Morgan fingerprint density at radius 3 is 1.51 bits per heavy atom. The maximum Gasteiger partial charge on any atom is 0.220 e. The van der Waals surface area contributed by atoms with Crippen molar-refractivity contribution in [2.45, 2.75) is 5.92 Å². The molecule has 1 unspecified atom stereocenters. The number of hydrogen-bond donors (Lipinski definition) is 0. The van der Waals surface area contributed by atoms with Gasteiger partial charge in [0.15, 0.2) is 0 Å². The van der Waals surface area contributed by atoms with Crippen LogP contribution in [-0.4, -0.2) is 19.8 Å². The lowest BCUT2D eigenvalue weighted by molar-refractivity contribution is 1.11. The van der Waals surface area contributed by atoms with E-state index >= 15 is 0 Å². The van der Waals surface area contributed by atoms with Crippen LogP contribution in [0.4, 0.5) is 17.1 Å². The number of nitriles is 1. The Hall–Kier alpha value is -10.4. The molecule has 0 radical (unpaired) electrons. The predicted molar refractivity (Wildman–Crippen MR) is 311 cm³/mol. The first-order valence-electron chi connectivity index (χ1n) is 25.7. The summed E-state index contributed by atoms with van der Waals surface area (Å²) in [6, 6.07) is 95.0. The summed E-state index contributed by atoms with van der Waals surface area (Å²) in [5.41, 5.74) is 23.3. The van der Waals surface area contributed by atoms with E-state index in [1.807, 2.05) is 12.1 Å². The molecule has 354 valence electrons. The Kier molecular flexibility index (Phi) is 9.91. The van der Waals surface area contributed by atoms with Gasteiger partial charge in [-0.3, -0.25) is 13.9 Å². The van der Waals surface area contributed by atoms with Gasteiger partial charge in [-0.25, -0.2) is 9.98 Å². The molecule has 6 heteroatoms. The molecule has 0 bridgehead atoms. The minimum absolute atomic E-state index is 0.113. The van der Waals surface area contributed by atoms with Gasteiger partial charge in [-0.15, -0.1) is 0 Å². The highest BCUT2D eigenvalue weighted by molar-refractivity contribution is 6.19. The minimum Gasteiger partial charge on any atom is -0.297 e. The van der Waals surface area contributed by atoms with Crippen molar-refractivity contribution in [2.75, 3.05) is 4.90 Å². The number of aliphatic imine (C=N–C) groups is 1. The second-order valence-electron chi connectivity index (χ2n) is 19.6. The molecule has 0 aliphatic carbocycles. The van der Waals surface area contributed by atoms with Crippen LogP contribution in [0, 0.1) is 11.3 Å². The van der Waals surface area contributed by atoms with E-state index in [0.717, 1.165) is 118 Å². The predicted octanol–water partition coefficient (Wildman–Crippen LogP) is 17.6. The maximum absolute atomic E-state index is 11.8. The molecule has 2 aliphatic rings. The van der Waals surface area contributed by atoms with Crippen LogP contribution in [0.5, 0.6) is 0 Å². The van der Waals surface area contributed by atoms with Crippen LogP contribution >= 0.6 is 0 Å². The fourth-order valence-electron chi connectivity index (χ4n) is 12.0. The summed E-state index contributed by atoms with van der Waals surface area (Å²) in [5.74, 6) is 1.71. The number of benzene rings is 11. The second kappa shape index (κ2) is 17.4. The van der Waals surface area contributed by atoms with Gasteiger partial charge < -0.3 is 0 Å².